The van der Waals surface area contributed by atoms with Gasteiger partial charge in [0.15, 0.2) is 25.5 Å². The van der Waals surface area contributed by atoms with Gasteiger partial charge in [0.05, 0.1) is 27.7 Å². The highest BCUT2D eigenvalue weighted by Crippen LogP contribution is 2.26. The van der Waals surface area contributed by atoms with Gasteiger partial charge < -0.3 is 15.2 Å². The molecule has 152 valence electrons. The van der Waals surface area contributed by atoms with Crippen molar-refractivity contribution in [3.05, 3.63) is 42.2 Å². The van der Waals surface area contributed by atoms with E-state index in [0.717, 1.165) is 0 Å². The van der Waals surface area contributed by atoms with Crippen LogP contribution in [-0.4, -0.2) is 56.7 Å². The van der Waals surface area contributed by atoms with E-state index >= 15 is 0 Å². The van der Waals surface area contributed by atoms with Crippen LogP contribution in [-0.2, 0) is 24.5 Å². The smallest absolute Gasteiger partial charge is 0.242 e. The van der Waals surface area contributed by atoms with E-state index in [0.29, 0.717) is 5.76 Å². The van der Waals surface area contributed by atoms with Gasteiger partial charge in [-0.3, -0.25) is 4.79 Å². The number of aromatic nitrogens is 1. The third-order valence-electron chi connectivity index (χ3n) is 4.51. The van der Waals surface area contributed by atoms with Crippen molar-refractivity contribution < 1.29 is 26.2 Å². The van der Waals surface area contributed by atoms with Crippen LogP contribution in [0.3, 0.4) is 0 Å². The molecule has 0 radical (unpaired) electrons. The molecule has 1 aromatic heterocycles. The van der Waals surface area contributed by atoms with Crippen LogP contribution in [0, 0.1) is 6.92 Å². The van der Waals surface area contributed by atoms with Crippen LogP contribution in [0.25, 0.3) is 0 Å². The molecule has 2 heterocycles. The van der Waals surface area contributed by atoms with Crippen LogP contribution >= 0.6 is 0 Å². The molecule has 1 aromatic carbocycles. The molecule has 1 fully saturated rings. The van der Waals surface area contributed by atoms with Gasteiger partial charge in [-0.05, 0) is 26.0 Å². The average Bonchev–Trinajstić information content (AvgIpc) is 3.18. The first-order valence-electron chi connectivity index (χ1n) is 8.58. The predicted octanol–water partition coefficient (Wildman–Crippen LogP) is 0.539. The highest BCUT2D eigenvalue weighted by Gasteiger charge is 2.46. The van der Waals surface area contributed by atoms with Crippen molar-refractivity contribution in [2.45, 2.75) is 36.1 Å². The van der Waals surface area contributed by atoms with Gasteiger partial charge in [-0.15, -0.1) is 0 Å². The molecule has 1 amide bonds. The number of hydrogen-bond acceptors (Lipinski definition) is 8. The second-order valence-corrected chi connectivity index (χ2v) is 11.1. The van der Waals surface area contributed by atoms with Crippen LogP contribution in [0.15, 0.2) is 45.8 Å². The number of aryl methyl sites for hydroxylation is 1. The van der Waals surface area contributed by atoms with E-state index < -0.39 is 48.7 Å². The molecule has 3 rings (SSSR count). The summed E-state index contributed by atoms with van der Waals surface area (Å²) in [7, 11) is -7.45. The molecule has 1 saturated heterocycles. The van der Waals surface area contributed by atoms with Crippen molar-refractivity contribution in [2.75, 3.05) is 16.8 Å². The van der Waals surface area contributed by atoms with E-state index in [1.54, 1.807) is 25.1 Å². The molecule has 3 atom stereocenters. The number of nitrogens with zero attached hydrogens (tertiary/aromatic N) is 1. The molecule has 11 heteroatoms. The topological polar surface area (TPSA) is 135 Å². The highest BCUT2D eigenvalue weighted by molar-refractivity contribution is 7.96. The molecule has 0 saturated carbocycles. The van der Waals surface area contributed by atoms with Crippen molar-refractivity contribution in [2.24, 2.45) is 0 Å². The van der Waals surface area contributed by atoms with Gasteiger partial charge in [-0.2, -0.15) is 0 Å². The minimum Gasteiger partial charge on any atom is -0.360 e. The summed E-state index contributed by atoms with van der Waals surface area (Å²) in [4.78, 5) is 12.4. The number of rotatable bonds is 6. The lowest BCUT2D eigenvalue weighted by Gasteiger charge is -2.23. The van der Waals surface area contributed by atoms with Gasteiger partial charge >= 0.3 is 0 Å². The van der Waals surface area contributed by atoms with Gasteiger partial charge in [0.2, 0.25) is 5.91 Å². The summed E-state index contributed by atoms with van der Waals surface area (Å²) in [6.07, 6.45) is 0. The lowest BCUT2D eigenvalue weighted by molar-refractivity contribution is -0.118. The molecule has 1 aliphatic heterocycles. The SMILES string of the molecule is Cc1cc(NC(=O)[C@H](C)N[C@H]2CS(=O)(=O)C[C@@H]2S(=O)(=O)c2ccccc2)no1. The number of carbonyl (C=O) groups is 1. The highest BCUT2D eigenvalue weighted by atomic mass is 32.2. The van der Waals surface area contributed by atoms with E-state index in [9.17, 15) is 21.6 Å². The number of benzene rings is 1. The predicted molar refractivity (Wildman–Crippen MR) is 102 cm³/mol. The Morgan fingerprint density at radius 1 is 1.25 bits per heavy atom. The molecular formula is C17H21N3O6S2. The molecular weight excluding hydrogens is 406 g/mol. The summed E-state index contributed by atoms with van der Waals surface area (Å²) >= 11 is 0. The quantitative estimate of drug-likeness (QED) is 0.682. The maximum absolute atomic E-state index is 13.0. The van der Waals surface area contributed by atoms with Crippen molar-refractivity contribution in [3.8, 4) is 0 Å². The lowest BCUT2D eigenvalue weighted by atomic mass is 10.2. The van der Waals surface area contributed by atoms with Crippen molar-refractivity contribution >= 4 is 31.4 Å². The molecule has 0 spiro atoms. The Balaban J connectivity index is 1.78. The minimum atomic E-state index is -3.89. The number of carbonyl (C=O) groups excluding carboxylic acids is 1. The Hall–Kier alpha value is -2.24. The normalized spacial score (nSPS) is 22.6. The molecule has 0 unspecified atom stereocenters. The van der Waals surface area contributed by atoms with Gasteiger partial charge in [0, 0.05) is 12.1 Å². The molecule has 0 bridgehead atoms. The van der Waals surface area contributed by atoms with E-state index in [1.165, 1.54) is 25.1 Å². The zero-order valence-electron chi connectivity index (χ0n) is 15.3. The summed E-state index contributed by atoms with van der Waals surface area (Å²) in [5.74, 6) is -0.577. The van der Waals surface area contributed by atoms with Gasteiger partial charge in [-0.1, -0.05) is 23.4 Å². The Bertz CT molecular complexity index is 1060. The molecule has 9 nitrogen and oxygen atoms in total. The third kappa shape index (κ3) is 4.42. The van der Waals surface area contributed by atoms with Crippen LogP contribution in [0.2, 0.25) is 0 Å². The van der Waals surface area contributed by atoms with Crippen LogP contribution in [0.4, 0.5) is 5.82 Å². The first-order valence-corrected chi connectivity index (χ1v) is 11.9. The van der Waals surface area contributed by atoms with Crippen LogP contribution in [0.5, 0.6) is 0 Å². The monoisotopic (exact) mass is 427 g/mol. The van der Waals surface area contributed by atoms with Gasteiger partial charge in [0.25, 0.3) is 0 Å². The molecule has 1 aliphatic rings. The molecule has 2 N–H and O–H groups in total. The first-order chi connectivity index (χ1) is 13.1. The molecule has 28 heavy (non-hydrogen) atoms. The summed E-state index contributed by atoms with van der Waals surface area (Å²) in [5, 5.41) is 7.88. The fraction of sp³-hybridized carbons (Fsp3) is 0.412. The van der Waals surface area contributed by atoms with Crippen LogP contribution in [0.1, 0.15) is 12.7 Å². The van der Waals surface area contributed by atoms with Crippen molar-refractivity contribution in [3.63, 3.8) is 0 Å². The Morgan fingerprint density at radius 3 is 2.54 bits per heavy atom. The Kier molecular flexibility index (Phi) is 5.60. The summed E-state index contributed by atoms with van der Waals surface area (Å²) in [6.45, 7) is 3.20. The minimum absolute atomic E-state index is 0.0547. The fourth-order valence-electron chi connectivity index (χ4n) is 3.12. The second kappa shape index (κ2) is 7.64. The van der Waals surface area contributed by atoms with E-state index in [4.69, 9.17) is 4.52 Å². The maximum atomic E-state index is 13.0. The summed E-state index contributed by atoms with van der Waals surface area (Å²) < 4.78 is 55.1. The molecule has 2 aromatic rings. The largest absolute Gasteiger partial charge is 0.360 e. The molecule has 0 aliphatic carbocycles. The fourth-order valence-corrected chi connectivity index (χ4v) is 7.82. The maximum Gasteiger partial charge on any atom is 0.242 e. The third-order valence-corrected chi connectivity index (χ3v) is 8.67. The van der Waals surface area contributed by atoms with Crippen molar-refractivity contribution in [1.82, 2.24) is 10.5 Å². The standard InChI is InChI=1S/C17H21N3O6S2/c1-11-8-16(20-26-11)19-17(21)12(2)18-14-9-27(22,23)10-15(14)28(24,25)13-6-4-3-5-7-13/h3-8,12,14-15,18H,9-10H2,1-2H3,(H,19,20,21)/t12-,14-,15-/m0/s1. The first kappa shape index (κ1) is 20.5. The number of anilines is 1. The van der Waals surface area contributed by atoms with E-state index in [1.807, 2.05) is 0 Å². The lowest BCUT2D eigenvalue weighted by Crippen LogP contribution is -2.50. The average molecular weight is 428 g/mol. The van der Waals surface area contributed by atoms with Gasteiger partial charge in [-0.25, -0.2) is 16.8 Å². The van der Waals surface area contributed by atoms with Gasteiger partial charge in [0.1, 0.15) is 5.76 Å². The summed E-state index contributed by atoms with van der Waals surface area (Å²) in [6, 6.07) is 7.48. The van der Waals surface area contributed by atoms with Crippen LogP contribution < -0.4 is 10.6 Å². The number of amides is 1. The zero-order valence-corrected chi connectivity index (χ0v) is 17.0. The summed E-state index contributed by atoms with van der Waals surface area (Å²) in [5.41, 5.74) is 0. The number of nitrogens with one attached hydrogen (secondary N) is 2. The zero-order chi connectivity index (χ0) is 20.5. The van der Waals surface area contributed by atoms with E-state index in [-0.39, 0.29) is 16.5 Å². The second-order valence-electron chi connectivity index (χ2n) is 6.78. The van der Waals surface area contributed by atoms with E-state index in [2.05, 4.69) is 15.8 Å². The number of sulfone groups is 2. The Morgan fingerprint density at radius 2 is 1.93 bits per heavy atom. The number of hydrogen-bond donors (Lipinski definition) is 2. The Labute approximate surface area is 163 Å². The van der Waals surface area contributed by atoms with Crippen molar-refractivity contribution in [1.29, 1.82) is 0 Å².